The van der Waals surface area contributed by atoms with Crippen molar-refractivity contribution >= 4 is 17.5 Å². The molecule has 1 atom stereocenters. The third-order valence-electron chi connectivity index (χ3n) is 2.81. The number of rotatable bonds is 5. The molecule has 0 aliphatic heterocycles. The van der Waals surface area contributed by atoms with Gasteiger partial charge >= 0.3 is 0 Å². The lowest BCUT2D eigenvalue weighted by Gasteiger charge is -2.12. The van der Waals surface area contributed by atoms with E-state index in [-0.39, 0.29) is 11.9 Å². The minimum atomic E-state index is -0.359. The van der Waals surface area contributed by atoms with E-state index in [2.05, 4.69) is 15.4 Å². The van der Waals surface area contributed by atoms with Crippen LogP contribution in [0.1, 0.15) is 18.5 Å². The smallest absolute Gasteiger partial charge is 0.244 e. The van der Waals surface area contributed by atoms with Gasteiger partial charge in [-0.2, -0.15) is 5.10 Å². The Kier molecular flexibility index (Phi) is 4.52. The zero-order valence-corrected chi connectivity index (χ0v) is 11.3. The summed E-state index contributed by atoms with van der Waals surface area (Å²) in [4.78, 5) is 15.7. The van der Waals surface area contributed by atoms with Crippen molar-refractivity contribution in [3.05, 3.63) is 47.5 Å². The third-order valence-corrected chi connectivity index (χ3v) is 3.05. The van der Waals surface area contributed by atoms with Crippen LogP contribution in [-0.2, 0) is 11.2 Å². The van der Waals surface area contributed by atoms with Crippen molar-refractivity contribution in [1.82, 2.24) is 20.1 Å². The first-order valence-corrected chi connectivity index (χ1v) is 6.41. The first kappa shape index (κ1) is 13.5. The first-order valence-electron chi connectivity index (χ1n) is 6.03. The van der Waals surface area contributed by atoms with Crippen LogP contribution in [-0.4, -0.2) is 27.2 Å². The second-order valence-electron chi connectivity index (χ2n) is 4.22. The Morgan fingerprint density at radius 3 is 3.05 bits per heavy atom. The molecular weight excluding hydrogens is 264 g/mol. The number of nitrogens with one attached hydrogen (secondary N) is 1. The molecule has 2 aromatic rings. The van der Waals surface area contributed by atoms with Crippen LogP contribution in [0.25, 0.3) is 0 Å². The summed E-state index contributed by atoms with van der Waals surface area (Å²) in [5.41, 5.74) is 1.10. The van der Waals surface area contributed by atoms with E-state index in [4.69, 9.17) is 11.6 Å². The number of nitrogens with zero attached hydrogens (tertiary/aromatic N) is 3. The van der Waals surface area contributed by atoms with E-state index in [9.17, 15) is 4.79 Å². The lowest BCUT2D eigenvalue weighted by atomic mass is 10.1. The van der Waals surface area contributed by atoms with Gasteiger partial charge in [-0.3, -0.25) is 4.79 Å². The molecule has 0 aliphatic rings. The molecule has 0 fully saturated rings. The Hall–Kier alpha value is -1.88. The van der Waals surface area contributed by atoms with Crippen LogP contribution in [0.2, 0.25) is 5.02 Å². The van der Waals surface area contributed by atoms with Gasteiger partial charge in [0, 0.05) is 11.6 Å². The zero-order valence-electron chi connectivity index (χ0n) is 10.6. The maximum absolute atomic E-state index is 11.9. The van der Waals surface area contributed by atoms with E-state index in [1.807, 2.05) is 24.3 Å². The summed E-state index contributed by atoms with van der Waals surface area (Å²) in [6, 6.07) is 7.25. The topological polar surface area (TPSA) is 59.8 Å². The summed E-state index contributed by atoms with van der Waals surface area (Å²) >= 11 is 5.90. The van der Waals surface area contributed by atoms with Crippen molar-refractivity contribution in [2.45, 2.75) is 19.4 Å². The Morgan fingerprint density at radius 1 is 1.53 bits per heavy atom. The molecule has 1 aromatic carbocycles. The maximum atomic E-state index is 11.9. The highest BCUT2D eigenvalue weighted by atomic mass is 35.5. The largest absolute Gasteiger partial charge is 0.354 e. The monoisotopic (exact) mass is 278 g/mol. The predicted molar refractivity (Wildman–Crippen MR) is 72.9 cm³/mol. The first-order chi connectivity index (χ1) is 9.16. The van der Waals surface area contributed by atoms with Gasteiger partial charge in [0.2, 0.25) is 5.91 Å². The van der Waals surface area contributed by atoms with E-state index >= 15 is 0 Å². The third kappa shape index (κ3) is 3.79. The fourth-order valence-corrected chi connectivity index (χ4v) is 1.92. The zero-order chi connectivity index (χ0) is 13.7. The minimum absolute atomic E-state index is 0.0764. The average molecular weight is 279 g/mol. The van der Waals surface area contributed by atoms with Crippen LogP contribution in [0.4, 0.5) is 0 Å². The Morgan fingerprint density at radius 2 is 2.37 bits per heavy atom. The summed E-state index contributed by atoms with van der Waals surface area (Å²) in [7, 11) is 0. The molecule has 0 aliphatic carbocycles. The van der Waals surface area contributed by atoms with Gasteiger partial charge in [-0.15, -0.1) is 0 Å². The molecule has 0 radical (unpaired) electrons. The highest BCUT2D eigenvalue weighted by Crippen LogP contribution is 2.10. The predicted octanol–water partition coefficient (Wildman–Crippen LogP) is 1.85. The van der Waals surface area contributed by atoms with E-state index in [1.165, 1.54) is 17.3 Å². The van der Waals surface area contributed by atoms with Gasteiger partial charge < -0.3 is 5.32 Å². The number of carbonyl (C=O) groups excluding carboxylic acids is 1. The van der Waals surface area contributed by atoms with Crippen molar-refractivity contribution in [3.8, 4) is 0 Å². The normalized spacial score (nSPS) is 12.1. The van der Waals surface area contributed by atoms with Crippen LogP contribution in [0.3, 0.4) is 0 Å². The molecule has 100 valence electrons. The van der Waals surface area contributed by atoms with Crippen molar-refractivity contribution in [2.24, 2.45) is 0 Å². The molecular formula is C13H15ClN4O. The summed E-state index contributed by atoms with van der Waals surface area (Å²) in [5.74, 6) is -0.0764. The number of halogens is 1. The number of aromatic nitrogens is 3. The number of carbonyl (C=O) groups is 1. The van der Waals surface area contributed by atoms with Crippen molar-refractivity contribution in [1.29, 1.82) is 0 Å². The van der Waals surface area contributed by atoms with E-state index in [0.717, 1.165) is 12.0 Å². The second-order valence-corrected chi connectivity index (χ2v) is 4.66. The standard InChI is InChI=1S/C13H15ClN4O/c1-10(18-9-15-8-17-18)13(19)16-6-5-11-3-2-4-12(14)7-11/h2-4,7-10H,5-6H2,1H3,(H,16,19)/t10-/m0/s1. The summed E-state index contributed by atoms with van der Waals surface area (Å²) in [5, 5.41) is 7.52. The second kappa shape index (κ2) is 6.33. The Balaban J connectivity index is 1.81. The van der Waals surface area contributed by atoms with Crippen LogP contribution in [0.15, 0.2) is 36.9 Å². The summed E-state index contributed by atoms with van der Waals surface area (Å²) < 4.78 is 1.52. The molecule has 0 unspecified atom stereocenters. The van der Waals surface area contributed by atoms with Gasteiger partial charge in [-0.1, -0.05) is 23.7 Å². The molecule has 0 saturated carbocycles. The van der Waals surface area contributed by atoms with E-state index in [1.54, 1.807) is 6.92 Å². The lowest BCUT2D eigenvalue weighted by molar-refractivity contribution is -0.124. The molecule has 1 heterocycles. The van der Waals surface area contributed by atoms with Gasteiger partial charge in [0.1, 0.15) is 18.7 Å². The molecule has 5 nitrogen and oxygen atoms in total. The van der Waals surface area contributed by atoms with Crippen LogP contribution < -0.4 is 5.32 Å². The lowest BCUT2D eigenvalue weighted by Crippen LogP contribution is -2.32. The van der Waals surface area contributed by atoms with Crippen LogP contribution in [0.5, 0.6) is 0 Å². The van der Waals surface area contributed by atoms with Gasteiger partial charge in [-0.05, 0) is 31.0 Å². The van der Waals surface area contributed by atoms with Gasteiger partial charge in [0.25, 0.3) is 0 Å². The number of amides is 1. The molecule has 2 rings (SSSR count). The quantitative estimate of drug-likeness (QED) is 0.908. The van der Waals surface area contributed by atoms with Crippen molar-refractivity contribution in [3.63, 3.8) is 0 Å². The van der Waals surface area contributed by atoms with Crippen LogP contribution >= 0.6 is 11.6 Å². The van der Waals surface area contributed by atoms with Gasteiger partial charge in [0.15, 0.2) is 0 Å². The molecule has 0 saturated heterocycles. The molecule has 19 heavy (non-hydrogen) atoms. The van der Waals surface area contributed by atoms with E-state index < -0.39 is 0 Å². The fraction of sp³-hybridized carbons (Fsp3) is 0.308. The van der Waals surface area contributed by atoms with Gasteiger partial charge in [-0.25, -0.2) is 9.67 Å². The Bertz CT molecular complexity index is 541. The maximum Gasteiger partial charge on any atom is 0.244 e. The SMILES string of the molecule is C[C@@H](C(=O)NCCc1cccc(Cl)c1)n1cncn1. The molecule has 6 heteroatoms. The number of hydrogen-bond donors (Lipinski definition) is 1. The molecule has 1 N–H and O–H groups in total. The molecule has 0 bridgehead atoms. The Labute approximate surface area is 116 Å². The molecule has 1 aromatic heterocycles. The van der Waals surface area contributed by atoms with Gasteiger partial charge in [0.05, 0.1) is 0 Å². The number of hydrogen-bond acceptors (Lipinski definition) is 3. The average Bonchev–Trinajstić information content (AvgIpc) is 2.91. The molecule has 0 spiro atoms. The highest BCUT2D eigenvalue weighted by molar-refractivity contribution is 6.30. The van der Waals surface area contributed by atoms with Crippen molar-refractivity contribution in [2.75, 3.05) is 6.54 Å². The number of benzene rings is 1. The minimum Gasteiger partial charge on any atom is -0.354 e. The van der Waals surface area contributed by atoms with Crippen LogP contribution in [0, 0.1) is 0 Å². The fourth-order valence-electron chi connectivity index (χ4n) is 1.71. The van der Waals surface area contributed by atoms with E-state index in [0.29, 0.717) is 11.6 Å². The highest BCUT2D eigenvalue weighted by Gasteiger charge is 2.14. The summed E-state index contributed by atoms with van der Waals surface area (Å²) in [6.07, 6.45) is 3.69. The van der Waals surface area contributed by atoms with Crippen molar-refractivity contribution < 1.29 is 4.79 Å². The summed E-state index contributed by atoms with van der Waals surface area (Å²) in [6.45, 7) is 2.35. The molecule has 1 amide bonds.